The average molecular weight is 977 g/mol. The number of benzene rings is 2. The first kappa shape index (κ1) is 45.6. The molecule has 2 saturated carbocycles. The van der Waals surface area contributed by atoms with Crippen LogP contribution in [-0.2, 0) is 19.1 Å². The van der Waals surface area contributed by atoms with E-state index in [1.165, 1.54) is 34.1 Å². The number of ether oxygens (including phenoxy) is 3. The lowest BCUT2D eigenvalue weighted by Crippen LogP contribution is -2.57. The number of aromatic nitrogens is 6. The molecule has 1 unspecified atom stereocenters. The van der Waals surface area contributed by atoms with Gasteiger partial charge in [-0.25, -0.2) is 33.3 Å². The second kappa shape index (κ2) is 17.2. The molecule has 2 aromatic carbocycles. The smallest absolute Gasteiger partial charge is 0.407 e. The number of nitrogens with one attached hydrogen (secondary N) is 4. The maximum absolute atomic E-state index is 16.9. The molecule has 7 heterocycles. The summed E-state index contributed by atoms with van der Waals surface area (Å²) in [5, 5.41) is 6.97. The monoisotopic (exact) mass is 976 g/mol. The summed E-state index contributed by atoms with van der Waals surface area (Å²) in [5.41, 5.74) is 2.28. The van der Waals surface area contributed by atoms with Crippen molar-refractivity contribution in [1.29, 1.82) is 0 Å². The number of methoxy groups -OCH3 is 2. The summed E-state index contributed by atoms with van der Waals surface area (Å²) in [7, 11) is 2.43. The van der Waals surface area contributed by atoms with Crippen LogP contribution in [0.3, 0.4) is 0 Å². The van der Waals surface area contributed by atoms with E-state index < -0.39 is 53.9 Å². The third kappa shape index (κ3) is 8.02. The van der Waals surface area contributed by atoms with Crippen molar-refractivity contribution < 1.29 is 42.2 Å². The van der Waals surface area contributed by atoms with Crippen molar-refractivity contribution in [2.24, 2.45) is 11.8 Å². The third-order valence-corrected chi connectivity index (χ3v) is 15.6. The predicted molar refractivity (Wildman–Crippen MR) is 254 cm³/mol. The van der Waals surface area contributed by atoms with Crippen LogP contribution in [0.15, 0.2) is 55.0 Å². The first-order valence-electron chi connectivity index (χ1n) is 23.8. The van der Waals surface area contributed by atoms with Gasteiger partial charge in [0.15, 0.2) is 0 Å². The van der Waals surface area contributed by atoms with Crippen molar-refractivity contribution in [1.82, 2.24) is 49.9 Å². The summed E-state index contributed by atoms with van der Waals surface area (Å²) in [4.78, 5) is 77.5. The molecule has 366 valence electrons. The van der Waals surface area contributed by atoms with Crippen LogP contribution in [0.2, 0.25) is 0 Å². The normalized spacial score (nSPS) is 22.3. The molecule has 2 saturated heterocycles. The number of rotatable bonds is 12. The first-order chi connectivity index (χ1) is 33.6. The SMILES string of the molecule is COC(=O)N[C@H](C(=O)N1CCC[C@H]1c1ncc(-c2cc(F)c3c(c2)OC(c2cnc(C4CC4)s2)n2c-3cc3cc(-c4cnc([C@@H]5C[C@H]6C[C@H]6N5C(=O)[C@@H](NC(=O)OC)C(C)(C)F)[nH]4)ccc32)[nH]1)C(C)C. The Hall–Kier alpha value is -6.83. The fourth-order valence-electron chi connectivity index (χ4n) is 10.6. The number of hydrogen-bond donors (Lipinski definition) is 4. The van der Waals surface area contributed by atoms with Crippen molar-refractivity contribution in [3.63, 3.8) is 0 Å². The van der Waals surface area contributed by atoms with Crippen LogP contribution in [-0.4, -0.2) is 108 Å². The molecule has 6 aromatic rings. The summed E-state index contributed by atoms with van der Waals surface area (Å²) < 4.78 is 50.8. The molecule has 2 aliphatic carbocycles. The van der Waals surface area contributed by atoms with Crippen LogP contribution in [0.25, 0.3) is 44.7 Å². The topological polar surface area (TPSA) is 202 Å². The number of imidazole rings is 2. The number of piperidine rings is 1. The molecule has 0 spiro atoms. The van der Waals surface area contributed by atoms with Gasteiger partial charge in [-0.05, 0) is 94.5 Å². The van der Waals surface area contributed by atoms with E-state index in [2.05, 4.69) is 20.6 Å². The van der Waals surface area contributed by atoms with Crippen molar-refractivity contribution in [2.75, 3.05) is 20.8 Å². The summed E-state index contributed by atoms with van der Waals surface area (Å²) in [6.07, 6.45) is 8.03. The van der Waals surface area contributed by atoms with E-state index in [0.717, 1.165) is 52.0 Å². The number of alkyl carbamates (subject to hydrolysis) is 2. The number of amides is 4. The second-order valence-electron chi connectivity index (χ2n) is 20.0. The molecule has 4 fully saturated rings. The van der Waals surface area contributed by atoms with E-state index in [4.69, 9.17) is 29.2 Å². The minimum absolute atomic E-state index is 0.0771. The highest BCUT2D eigenvalue weighted by atomic mass is 32.1. The van der Waals surface area contributed by atoms with Gasteiger partial charge in [0.05, 0.1) is 76.7 Å². The van der Waals surface area contributed by atoms with E-state index in [0.29, 0.717) is 70.9 Å². The number of H-pyrrole nitrogens is 2. The summed E-state index contributed by atoms with van der Waals surface area (Å²) in [6, 6.07) is 8.08. The minimum Gasteiger partial charge on any atom is -0.464 e. The zero-order valence-electron chi connectivity index (χ0n) is 39.5. The molecule has 4 aromatic heterocycles. The van der Waals surface area contributed by atoms with E-state index in [1.807, 2.05) is 54.9 Å². The fraction of sp³-hybridized carbons (Fsp3) is 0.460. The molecule has 0 bridgehead atoms. The lowest BCUT2D eigenvalue weighted by Gasteiger charge is -2.34. The third-order valence-electron chi connectivity index (χ3n) is 14.4. The second-order valence-corrected chi connectivity index (χ2v) is 21.0. The summed E-state index contributed by atoms with van der Waals surface area (Å²) in [6.45, 7) is 6.74. The molecule has 17 nitrogen and oxygen atoms in total. The van der Waals surface area contributed by atoms with Crippen LogP contribution in [0.5, 0.6) is 5.75 Å². The van der Waals surface area contributed by atoms with E-state index in [9.17, 15) is 19.2 Å². The Morgan fingerprint density at radius 3 is 2.29 bits per heavy atom. The van der Waals surface area contributed by atoms with Crippen LogP contribution in [0.1, 0.15) is 112 Å². The molecule has 4 amide bonds. The number of thiazole rings is 1. The first-order valence-corrected chi connectivity index (χ1v) is 24.6. The van der Waals surface area contributed by atoms with Gasteiger partial charge in [0.2, 0.25) is 18.0 Å². The number of likely N-dealkylation sites (tertiary alicyclic amines) is 2. The molecular formula is C50H54F2N10O7S. The molecule has 11 rings (SSSR count). The van der Waals surface area contributed by atoms with Crippen LogP contribution in [0, 0.1) is 17.7 Å². The molecule has 7 atom stereocenters. The Morgan fingerprint density at radius 1 is 0.871 bits per heavy atom. The van der Waals surface area contributed by atoms with E-state index >= 15 is 8.78 Å². The molecule has 20 heteroatoms. The van der Waals surface area contributed by atoms with Gasteiger partial charge >= 0.3 is 12.2 Å². The van der Waals surface area contributed by atoms with Gasteiger partial charge in [-0.2, -0.15) is 0 Å². The number of alkyl halides is 1. The Balaban J connectivity index is 0.909. The number of nitrogens with zero attached hydrogens (tertiary/aromatic N) is 6. The van der Waals surface area contributed by atoms with Gasteiger partial charge in [0.25, 0.3) is 0 Å². The van der Waals surface area contributed by atoms with Gasteiger partial charge in [0, 0.05) is 41.2 Å². The summed E-state index contributed by atoms with van der Waals surface area (Å²) >= 11 is 1.60. The van der Waals surface area contributed by atoms with Crippen LogP contribution in [0.4, 0.5) is 18.4 Å². The van der Waals surface area contributed by atoms with Gasteiger partial charge in [0.1, 0.15) is 41.0 Å². The number of fused-ring (bicyclic) bond motifs is 6. The van der Waals surface area contributed by atoms with Crippen LogP contribution < -0.4 is 15.4 Å². The lowest BCUT2D eigenvalue weighted by molar-refractivity contribution is -0.139. The number of halogens is 2. The molecule has 4 N–H and O–H groups in total. The highest BCUT2D eigenvalue weighted by molar-refractivity contribution is 7.11. The zero-order valence-corrected chi connectivity index (χ0v) is 40.4. The molecular weight excluding hydrogens is 923 g/mol. The van der Waals surface area contributed by atoms with Gasteiger partial charge in [-0.1, -0.05) is 19.9 Å². The number of carbonyl (C=O) groups is 4. The quantitative estimate of drug-likeness (QED) is 0.0919. The van der Waals surface area contributed by atoms with Crippen molar-refractivity contribution in [3.05, 3.63) is 82.3 Å². The van der Waals surface area contributed by atoms with Crippen molar-refractivity contribution in [2.45, 2.75) is 114 Å². The Morgan fingerprint density at radius 2 is 1.59 bits per heavy atom. The Bertz CT molecular complexity index is 3060. The summed E-state index contributed by atoms with van der Waals surface area (Å²) in [5.74, 6) is 0.715. The van der Waals surface area contributed by atoms with Gasteiger partial charge < -0.3 is 44.6 Å². The zero-order chi connectivity index (χ0) is 48.9. The average Bonchev–Trinajstić information content (AvgIpc) is 3.81. The number of aromatic amines is 2. The van der Waals surface area contributed by atoms with E-state index in [1.54, 1.807) is 33.5 Å². The Labute approximate surface area is 405 Å². The number of hydrogen-bond acceptors (Lipinski definition) is 11. The maximum atomic E-state index is 16.9. The van der Waals surface area contributed by atoms with Crippen molar-refractivity contribution in [3.8, 4) is 39.5 Å². The predicted octanol–water partition coefficient (Wildman–Crippen LogP) is 8.68. The van der Waals surface area contributed by atoms with Crippen molar-refractivity contribution >= 4 is 46.2 Å². The standard InChI is InChI=1S/C50H54F2N10O7S/c1-23(2)40(58-48(65)67-5)45(63)60-13-7-8-33(60)42-53-21-31(57-42)26-15-29(51)39-35-17-27-14-25(11-12-32(27)62(35)47(69-37(39)19-26)38-22-55-44(70-38)24-9-10-24)30-20-54-43(56-30)36-18-28-16-34(28)61(36)46(64)41(50(3,4)52)59-49(66)68-6/h11-12,14-15,17,19-24,28,33-34,36,40-41,47H,7-10,13,16,18H2,1-6H3,(H,53,57)(H,54,56)(H,58,65)(H,59,66)/t28-,33+,34-,36+,40+,41-,47?/m1/s1. The fourth-order valence-corrected chi connectivity index (χ4v) is 11.7. The molecule has 0 radical (unpaired) electrons. The lowest BCUT2D eigenvalue weighted by atomic mass is 9.98. The molecule has 70 heavy (non-hydrogen) atoms. The molecule has 5 aliphatic rings. The highest BCUT2D eigenvalue weighted by Gasteiger charge is 2.57. The van der Waals surface area contributed by atoms with Gasteiger partial charge in [-0.3, -0.25) is 14.2 Å². The largest absolute Gasteiger partial charge is 0.464 e. The van der Waals surface area contributed by atoms with Gasteiger partial charge in [-0.15, -0.1) is 11.3 Å². The molecule has 3 aliphatic heterocycles. The maximum Gasteiger partial charge on any atom is 0.407 e. The highest BCUT2D eigenvalue weighted by Crippen LogP contribution is 2.54. The Kier molecular flexibility index (Phi) is 11.2. The van der Waals surface area contributed by atoms with Crippen LogP contribution >= 0.6 is 11.3 Å². The van der Waals surface area contributed by atoms with E-state index in [-0.39, 0.29) is 29.8 Å². The minimum atomic E-state index is -2.06. The number of carbonyl (C=O) groups excluding carboxylic acids is 4.